The van der Waals surface area contributed by atoms with Crippen LogP contribution in [0.4, 0.5) is 0 Å². The molecule has 0 bridgehead atoms. The van der Waals surface area contributed by atoms with Gasteiger partial charge in [0.2, 0.25) is 0 Å². The van der Waals surface area contributed by atoms with Crippen molar-refractivity contribution in [2.24, 2.45) is 17.3 Å². The molecule has 240 valence electrons. The highest BCUT2D eigenvalue weighted by Gasteiger charge is 2.27. The molecule has 8 heteroatoms. The number of carbonyl (C=O) groups excluding carboxylic acids is 1. The molecule has 0 fully saturated rings. The van der Waals surface area contributed by atoms with Crippen molar-refractivity contribution in [2.75, 3.05) is 26.4 Å². The average Bonchev–Trinajstić information content (AvgIpc) is 3.32. The highest BCUT2D eigenvalue weighted by molar-refractivity contribution is 5.80. The molecule has 0 radical (unpaired) electrons. The van der Waals surface area contributed by atoms with Crippen molar-refractivity contribution in [1.29, 1.82) is 0 Å². The minimum absolute atomic E-state index is 0.0750. The van der Waals surface area contributed by atoms with Gasteiger partial charge < -0.3 is 18.9 Å². The van der Waals surface area contributed by atoms with E-state index in [9.17, 15) is 4.79 Å². The first-order chi connectivity index (χ1) is 18.9. The van der Waals surface area contributed by atoms with Gasteiger partial charge >= 0.3 is 0 Å². The summed E-state index contributed by atoms with van der Waals surface area (Å²) in [6.45, 7) is 29.2. The largest absolute Gasteiger partial charge is 0.375 e. The Morgan fingerprint density at radius 2 is 1.44 bits per heavy atom. The molecule has 0 saturated carbocycles. The monoisotopic (exact) mass is 581 g/mol. The Bertz CT molecular complexity index is 878. The zero-order valence-corrected chi connectivity index (χ0v) is 28.6. The van der Waals surface area contributed by atoms with E-state index in [0.717, 1.165) is 44.4 Å². The molecule has 0 aliphatic heterocycles. The zero-order valence-electron chi connectivity index (χ0n) is 28.6. The lowest BCUT2D eigenvalue weighted by Crippen LogP contribution is -2.34. The minimum atomic E-state index is -0.328. The third kappa shape index (κ3) is 15.6. The van der Waals surface area contributed by atoms with Gasteiger partial charge in [-0.3, -0.25) is 4.79 Å². The van der Waals surface area contributed by atoms with Gasteiger partial charge in [-0.15, -0.1) is 5.10 Å². The minimum Gasteiger partial charge on any atom is -0.375 e. The van der Waals surface area contributed by atoms with E-state index in [1.54, 1.807) is 0 Å². The average molecular weight is 582 g/mol. The van der Waals surface area contributed by atoms with Crippen LogP contribution in [0.25, 0.3) is 0 Å². The fourth-order valence-corrected chi connectivity index (χ4v) is 4.02. The zero-order chi connectivity index (χ0) is 31.3. The van der Waals surface area contributed by atoms with Gasteiger partial charge in [0.1, 0.15) is 11.5 Å². The Morgan fingerprint density at radius 1 is 0.829 bits per heavy atom. The Hall–Kier alpha value is -1.35. The maximum absolute atomic E-state index is 12.0. The van der Waals surface area contributed by atoms with E-state index in [1.165, 1.54) is 0 Å². The van der Waals surface area contributed by atoms with E-state index in [4.69, 9.17) is 18.9 Å². The van der Waals surface area contributed by atoms with Gasteiger partial charge in [-0.1, -0.05) is 53.7 Å². The lowest BCUT2D eigenvalue weighted by Gasteiger charge is -2.32. The van der Waals surface area contributed by atoms with Crippen LogP contribution in [-0.4, -0.2) is 64.0 Å². The number of ketones is 1. The first-order valence-electron chi connectivity index (χ1n) is 15.8. The van der Waals surface area contributed by atoms with Crippen LogP contribution in [0.2, 0.25) is 0 Å². The van der Waals surface area contributed by atoms with Gasteiger partial charge in [0.05, 0.1) is 49.4 Å². The number of Topliss-reactive ketones (excluding diaryl/α,β-unsaturated/α-hetero) is 1. The molecule has 1 aromatic rings. The number of ether oxygens (including phenoxy) is 4. The summed E-state index contributed by atoms with van der Waals surface area (Å²) in [6, 6.07) is 0. The second-order valence-corrected chi connectivity index (χ2v) is 14.4. The van der Waals surface area contributed by atoms with Gasteiger partial charge in [-0.25, -0.2) is 4.68 Å². The number of hydrogen-bond donors (Lipinski definition) is 0. The molecular weight excluding hydrogens is 518 g/mol. The molecular formula is C33H63N3O5. The van der Waals surface area contributed by atoms with Gasteiger partial charge in [0, 0.05) is 25.6 Å². The molecule has 0 amide bonds. The third-order valence-electron chi connectivity index (χ3n) is 8.75. The Kier molecular flexibility index (Phi) is 15.7. The standard InChI is InChI=1S/C33H63N3O5/c1-13-33(12,18-22-40-31(8,9)15-14-29(37)26(2)3)41-23-19-36-24-28(34-35-36)25-38-20-17-32(10,11)39-21-16-30(6,7)27(4)5/h24,26-27H,13-23,25H2,1-12H3. The highest BCUT2D eigenvalue weighted by atomic mass is 16.5. The summed E-state index contributed by atoms with van der Waals surface area (Å²) in [7, 11) is 0. The van der Waals surface area contributed by atoms with Crippen LogP contribution in [0.15, 0.2) is 6.20 Å². The fourth-order valence-electron chi connectivity index (χ4n) is 4.02. The molecule has 0 aromatic carbocycles. The summed E-state index contributed by atoms with van der Waals surface area (Å²) in [6.07, 6.45) is 6.75. The highest BCUT2D eigenvalue weighted by Crippen LogP contribution is 2.31. The first kappa shape index (κ1) is 37.7. The molecule has 1 unspecified atom stereocenters. The Morgan fingerprint density at radius 3 is 2.02 bits per heavy atom. The molecule has 1 atom stereocenters. The lowest BCUT2D eigenvalue weighted by molar-refractivity contribution is -0.124. The van der Waals surface area contributed by atoms with Crippen molar-refractivity contribution in [3.8, 4) is 0 Å². The maximum atomic E-state index is 12.0. The number of nitrogens with zero attached hydrogens (tertiary/aromatic N) is 3. The van der Waals surface area contributed by atoms with Crippen LogP contribution in [0.3, 0.4) is 0 Å². The molecule has 0 spiro atoms. The van der Waals surface area contributed by atoms with E-state index in [-0.39, 0.29) is 33.9 Å². The summed E-state index contributed by atoms with van der Waals surface area (Å²) < 4.78 is 26.3. The molecule has 1 heterocycles. The molecule has 1 rings (SSSR count). The smallest absolute Gasteiger partial charge is 0.135 e. The van der Waals surface area contributed by atoms with Crippen molar-refractivity contribution in [2.45, 2.75) is 152 Å². The Labute approximate surface area is 251 Å². The van der Waals surface area contributed by atoms with Gasteiger partial charge in [0.25, 0.3) is 0 Å². The molecule has 1 aromatic heterocycles. The summed E-state index contributed by atoms with van der Waals surface area (Å²) in [5.41, 5.74) is 0.260. The summed E-state index contributed by atoms with van der Waals surface area (Å²) >= 11 is 0. The molecule has 41 heavy (non-hydrogen) atoms. The molecule has 0 N–H and O–H groups in total. The summed E-state index contributed by atoms with van der Waals surface area (Å²) in [5.74, 6) is 0.993. The van der Waals surface area contributed by atoms with Gasteiger partial charge in [0.15, 0.2) is 0 Å². The van der Waals surface area contributed by atoms with Crippen molar-refractivity contribution in [1.82, 2.24) is 15.0 Å². The predicted molar refractivity (Wildman–Crippen MR) is 166 cm³/mol. The van der Waals surface area contributed by atoms with Crippen molar-refractivity contribution in [3.63, 3.8) is 0 Å². The first-order valence-corrected chi connectivity index (χ1v) is 15.8. The van der Waals surface area contributed by atoms with E-state index >= 15 is 0 Å². The van der Waals surface area contributed by atoms with Crippen LogP contribution < -0.4 is 0 Å². The van der Waals surface area contributed by atoms with Crippen LogP contribution in [-0.2, 0) is 36.9 Å². The summed E-state index contributed by atoms with van der Waals surface area (Å²) in [5, 5.41) is 8.49. The van der Waals surface area contributed by atoms with Crippen LogP contribution >= 0.6 is 0 Å². The van der Waals surface area contributed by atoms with Crippen LogP contribution in [0.5, 0.6) is 0 Å². The van der Waals surface area contributed by atoms with Crippen molar-refractivity contribution in [3.05, 3.63) is 11.9 Å². The van der Waals surface area contributed by atoms with E-state index in [2.05, 4.69) is 79.5 Å². The molecule has 0 aliphatic carbocycles. The second kappa shape index (κ2) is 17.1. The van der Waals surface area contributed by atoms with E-state index in [1.807, 2.05) is 24.7 Å². The molecule has 0 aliphatic rings. The Balaban J connectivity index is 2.34. The van der Waals surface area contributed by atoms with E-state index in [0.29, 0.717) is 45.3 Å². The maximum Gasteiger partial charge on any atom is 0.135 e. The summed E-state index contributed by atoms with van der Waals surface area (Å²) in [4.78, 5) is 12.0. The van der Waals surface area contributed by atoms with Crippen molar-refractivity contribution >= 4 is 5.78 Å². The SMILES string of the molecule is CCC(C)(CCOC(C)(C)CCC(=O)C(C)C)OCCn1cc(COCCC(C)(C)OCCC(C)(C)C(C)C)nn1. The van der Waals surface area contributed by atoms with Gasteiger partial charge in [-0.05, 0) is 78.1 Å². The number of hydrogen-bond acceptors (Lipinski definition) is 7. The van der Waals surface area contributed by atoms with E-state index < -0.39 is 0 Å². The second-order valence-electron chi connectivity index (χ2n) is 14.4. The topological polar surface area (TPSA) is 84.7 Å². The number of aromatic nitrogens is 3. The van der Waals surface area contributed by atoms with Crippen LogP contribution in [0.1, 0.15) is 127 Å². The predicted octanol–water partition coefficient (Wildman–Crippen LogP) is 7.43. The van der Waals surface area contributed by atoms with Crippen LogP contribution in [0, 0.1) is 17.3 Å². The molecule has 8 nitrogen and oxygen atoms in total. The molecule has 0 saturated heterocycles. The lowest BCUT2D eigenvalue weighted by atomic mass is 9.78. The quantitative estimate of drug-likeness (QED) is 0.124. The van der Waals surface area contributed by atoms with Gasteiger partial charge in [-0.2, -0.15) is 0 Å². The normalized spacial score (nSPS) is 14.7. The fraction of sp³-hybridized carbons (Fsp3) is 0.909. The van der Waals surface area contributed by atoms with Crippen molar-refractivity contribution < 1.29 is 23.7 Å². The number of rotatable bonds is 23. The number of carbonyl (C=O) groups is 1. The third-order valence-corrected chi connectivity index (χ3v) is 8.75.